The van der Waals surface area contributed by atoms with Crippen molar-refractivity contribution < 1.29 is 14.6 Å². The van der Waals surface area contributed by atoms with Gasteiger partial charge in [-0.05, 0) is 27.2 Å². The minimum absolute atomic E-state index is 0.0607. The average Bonchev–Trinajstić information content (AvgIpc) is 2.80. The Labute approximate surface area is 122 Å². The van der Waals surface area contributed by atoms with Crippen molar-refractivity contribution in [3.05, 3.63) is 4.88 Å². The second-order valence-corrected chi connectivity index (χ2v) is 6.68. The molecule has 1 saturated heterocycles. The van der Waals surface area contributed by atoms with Crippen LogP contribution < -0.4 is 21.1 Å². The van der Waals surface area contributed by atoms with Gasteiger partial charge in [-0.25, -0.2) is 0 Å². The molecule has 2 rings (SSSR count). The van der Waals surface area contributed by atoms with Gasteiger partial charge in [0.1, 0.15) is 15.6 Å². The van der Waals surface area contributed by atoms with Crippen LogP contribution in [0.25, 0.3) is 0 Å². The van der Waals surface area contributed by atoms with E-state index in [-0.39, 0.29) is 11.8 Å². The van der Waals surface area contributed by atoms with Crippen LogP contribution in [0.1, 0.15) is 36.9 Å². The number of ether oxygens (including phenoxy) is 1. The summed E-state index contributed by atoms with van der Waals surface area (Å²) in [6.07, 6.45) is 0.604. The predicted octanol–water partition coefficient (Wildman–Crippen LogP) is 1.18. The largest absolute Gasteiger partial charge is 0.486 e. The third-order valence-electron chi connectivity index (χ3n) is 3.20. The van der Waals surface area contributed by atoms with E-state index in [0.29, 0.717) is 30.1 Å². The van der Waals surface area contributed by atoms with Gasteiger partial charge in [0.25, 0.3) is 5.91 Å². The van der Waals surface area contributed by atoms with E-state index in [1.54, 1.807) is 6.92 Å². The molecule has 0 bridgehead atoms. The highest BCUT2D eigenvalue weighted by Gasteiger charge is 2.35. The Morgan fingerprint density at radius 3 is 2.65 bits per heavy atom. The van der Waals surface area contributed by atoms with Crippen molar-refractivity contribution in [1.29, 1.82) is 0 Å². The lowest BCUT2D eigenvalue weighted by Crippen LogP contribution is -2.29. The van der Waals surface area contributed by atoms with Crippen LogP contribution in [0.2, 0.25) is 0 Å². The molecule has 1 amide bonds. The quantitative estimate of drug-likeness (QED) is 0.775. The zero-order chi connectivity index (χ0) is 15.1. The van der Waals surface area contributed by atoms with Crippen molar-refractivity contribution in [3.8, 4) is 5.75 Å². The Morgan fingerprint density at radius 2 is 2.20 bits per heavy atom. The number of thiophene rings is 1. The first-order valence-electron chi connectivity index (χ1n) is 6.57. The van der Waals surface area contributed by atoms with Crippen molar-refractivity contribution in [2.24, 2.45) is 5.73 Å². The van der Waals surface area contributed by atoms with Crippen LogP contribution in [-0.2, 0) is 0 Å². The molecule has 0 spiro atoms. The SMILES string of the molecule is CC(C)Oc1c(N2CCC(C)(O)C2)sc(C(N)=O)c1N. The number of anilines is 2. The number of hydrogen-bond donors (Lipinski definition) is 3. The molecule has 1 aliphatic heterocycles. The highest BCUT2D eigenvalue weighted by atomic mass is 32.1. The number of hydrogen-bond acceptors (Lipinski definition) is 6. The van der Waals surface area contributed by atoms with E-state index in [1.807, 2.05) is 18.7 Å². The van der Waals surface area contributed by atoms with Crippen LogP contribution in [-0.4, -0.2) is 35.8 Å². The van der Waals surface area contributed by atoms with E-state index in [0.717, 1.165) is 5.00 Å². The number of nitrogens with two attached hydrogens (primary N) is 2. The summed E-state index contributed by atoms with van der Waals surface area (Å²) in [7, 11) is 0. The number of amides is 1. The minimum Gasteiger partial charge on any atom is -0.486 e. The first-order chi connectivity index (χ1) is 9.21. The average molecular weight is 299 g/mol. The molecule has 0 radical (unpaired) electrons. The number of rotatable bonds is 4. The number of carbonyl (C=O) groups is 1. The van der Waals surface area contributed by atoms with Crippen LogP contribution in [0.3, 0.4) is 0 Å². The standard InChI is InChI=1S/C13H21N3O3S/c1-7(2)19-9-8(14)10(11(15)17)20-12(9)16-5-4-13(3,18)6-16/h7,18H,4-6,14H2,1-3H3,(H2,15,17). The summed E-state index contributed by atoms with van der Waals surface area (Å²) in [5.41, 5.74) is 10.9. The highest BCUT2D eigenvalue weighted by Crippen LogP contribution is 2.46. The topological polar surface area (TPSA) is 102 Å². The molecule has 1 fully saturated rings. The van der Waals surface area contributed by atoms with Crippen molar-refractivity contribution >= 4 is 27.9 Å². The normalized spacial score (nSPS) is 22.6. The smallest absolute Gasteiger partial charge is 0.261 e. The molecule has 1 atom stereocenters. The van der Waals surface area contributed by atoms with Crippen molar-refractivity contribution in [3.63, 3.8) is 0 Å². The minimum atomic E-state index is -0.735. The number of β-amino-alcohol motifs (C(OH)–C–C–N with tert-alkyl or cyclic N) is 1. The van der Waals surface area contributed by atoms with Crippen LogP contribution in [0.15, 0.2) is 0 Å². The van der Waals surface area contributed by atoms with Gasteiger partial charge in [0, 0.05) is 13.1 Å². The maximum Gasteiger partial charge on any atom is 0.261 e. The third kappa shape index (κ3) is 2.83. The Balaban J connectivity index is 2.41. The van der Waals surface area contributed by atoms with E-state index in [2.05, 4.69) is 0 Å². The lowest BCUT2D eigenvalue weighted by Gasteiger charge is -2.21. The Bertz CT molecular complexity index is 525. The summed E-state index contributed by atoms with van der Waals surface area (Å²) in [6.45, 7) is 6.76. The summed E-state index contributed by atoms with van der Waals surface area (Å²) in [6, 6.07) is 0. The van der Waals surface area contributed by atoms with Gasteiger partial charge in [0.2, 0.25) is 0 Å². The van der Waals surface area contributed by atoms with Crippen LogP contribution in [0.4, 0.5) is 10.7 Å². The summed E-state index contributed by atoms with van der Waals surface area (Å²) < 4.78 is 5.74. The van der Waals surface area contributed by atoms with Gasteiger partial charge < -0.3 is 26.2 Å². The molecule has 20 heavy (non-hydrogen) atoms. The second kappa shape index (κ2) is 5.14. The maximum atomic E-state index is 11.4. The Hall–Kier alpha value is -1.47. The molecule has 5 N–H and O–H groups in total. The summed E-state index contributed by atoms with van der Waals surface area (Å²) in [4.78, 5) is 13.7. The van der Waals surface area contributed by atoms with Gasteiger partial charge in [-0.2, -0.15) is 0 Å². The number of aliphatic hydroxyl groups is 1. The van der Waals surface area contributed by atoms with E-state index in [1.165, 1.54) is 11.3 Å². The van der Waals surface area contributed by atoms with E-state index < -0.39 is 11.5 Å². The van der Waals surface area contributed by atoms with Gasteiger partial charge in [0.05, 0.1) is 11.7 Å². The molecule has 0 saturated carbocycles. The molecule has 1 unspecified atom stereocenters. The Morgan fingerprint density at radius 1 is 1.55 bits per heavy atom. The maximum absolute atomic E-state index is 11.4. The number of primary amides is 1. The molecule has 2 heterocycles. The molecule has 112 valence electrons. The van der Waals surface area contributed by atoms with Crippen LogP contribution in [0.5, 0.6) is 5.75 Å². The van der Waals surface area contributed by atoms with Crippen LogP contribution >= 0.6 is 11.3 Å². The number of nitrogen functional groups attached to an aromatic ring is 1. The molecule has 1 aliphatic rings. The lowest BCUT2D eigenvalue weighted by molar-refractivity contribution is 0.0839. The van der Waals surface area contributed by atoms with Gasteiger partial charge in [0.15, 0.2) is 5.75 Å². The highest BCUT2D eigenvalue weighted by molar-refractivity contribution is 7.19. The first kappa shape index (κ1) is 14.9. The fourth-order valence-electron chi connectivity index (χ4n) is 2.28. The second-order valence-electron chi connectivity index (χ2n) is 5.68. The van der Waals surface area contributed by atoms with Crippen molar-refractivity contribution in [1.82, 2.24) is 0 Å². The van der Waals surface area contributed by atoms with Gasteiger partial charge >= 0.3 is 0 Å². The van der Waals surface area contributed by atoms with Crippen molar-refractivity contribution in [2.45, 2.75) is 38.9 Å². The number of nitrogens with zero attached hydrogens (tertiary/aromatic N) is 1. The molecule has 0 aliphatic carbocycles. The molecule has 7 heteroatoms. The fraction of sp³-hybridized carbons (Fsp3) is 0.615. The van der Waals surface area contributed by atoms with Gasteiger partial charge in [-0.15, -0.1) is 11.3 Å². The summed E-state index contributed by atoms with van der Waals surface area (Å²) in [5, 5.41) is 10.8. The third-order valence-corrected chi connectivity index (χ3v) is 4.46. The van der Waals surface area contributed by atoms with E-state index in [9.17, 15) is 9.90 Å². The predicted molar refractivity (Wildman–Crippen MR) is 80.5 cm³/mol. The molecule has 1 aromatic heterocycles. The van der Waals surface area contributed by atoms with Gasteiger partial charge in [-0.3, -0.25) is 4.79 Å². The van der Waals surface area contributed by atoms with E-state index >= 15 is 0 Å². The zero-order valence-electron chi connectivity index (χ0n) is 12.0. The molecular formula is C13H21N3O3S. The first-order valence-corrected chi connectivity index (χ1v) is 7.39. The summed E-state index contributed by atoms with van der Waals surface area (Å²) in [5.74, 6) is -0.0604. The lowest BCUT2D eigenvalue weighted by atomic mass is 10.1. The summed E-state index contributed by atoms with van der Waals surface area (Å²) >= 11 is 1.22. The molecule has 1 aromatic rings. The Kier molecular flexibility index (Phi) is 3.84. The molecule has 0 aromatic carbocycles. The monoisotopic (exact) mass is 299 g/mol. The molecule has 6 nitrogen and oxygen atoms in total. The zero-order valence-corrected chi connectivity index (χ0v) is 12.8. The van der Waals surface area contributed by atoms with Crippen LogP contribution in [0, 0.1) is 0 Å². The van der Waals surface area contributed by atoms with Gasteiger partial charge in [-0.1, -0.05) is 0 Å². The number of carbonyl (C=O) groups excluding carboxylic acids is 1. The van der Waals surface area contributed by atoms with Crippen molar-refractivity contribution in [2.75, 3.05) is 23.7 Å². The van der Waals surface area contributed by atoms with E-state index in [4.69, 9.17) is 16.2 Å². The molecular weight excluding hydrogens is 278 g/mol. The fourth-order valence-corrected chi connectivity index (χ4v) is 3.31.